The fourth-order valence-corrected chi connectivity index (χ4v) is 10.4. The lowest BCUT2D eigenvalue weighted by molar-refractivity contribution is -0.138. The lowest BCUT2D eigenvalue weighted by atomic mass is 9.80. The van der Waals surface area contributed by atoms with Gasteiger partial charge in [-0.15, -0.1) is 0 Å². The van der Waals surface area contributed by atoms with Crippen molar-refractivity contribution in [3.05, 3.63) is 94.6 Å². The van der Waals surface area contributed by atoms with E-state index in [1.807, 2.05) is 75.5 Å². The molecule has 4 amide bonds. The third-order valence-corrected chi connectivity index (χ3v) is 14.2. The van der Waals surface area contributed by atoms with E-state index in [9.17, 15) is 28.8 Å². The first-order valence-corrected chi connectivity index (χ1v) is 25.5. The van der Waals surface area contributed by atoms with Gasteiger partial charge in [-0.3, -0.25) is 19.2 Å². The Morgan fingerprint density at radius 2 is 1.17 bits per heavy atom. The van der Waals surface area contributed by atoms with Crippen molar-refractivity contribution < 1.29 is 47.7 Å². The van der Waals surface area contributed by atoms with E-state index in [2.05, 4.69) is 46.5 Å². The molecule has 3 N–H and O–H groups in total. The van der Waals surface area contributed by atoms with Crippen molar-refractivity contribution in [2.24, 2.45) is 0 Å². The molecule has 2 aliphatic carbocycles. The summed E-state index contributed by atoms with van der Waals surface area (Å²) in [5, 5.41) is 5.99. The lowest BCUT2D eigenvalue weighted by Gasteiger charge is -2.51. The average molecular weight is 1090 g/mol. The predicted octanol–water partition coefficient (Wildman–Crippen LogP) is 7.66. The maximum Gasteiger partial charge on any atom is 0.410 e. The van der Waals surface area contributed by atoms with Crippen molar-refractivity contribution in [2.45, 2.75) is 121 Å². The number of aromatic amines is 1. The highest BCUT2D eigenvalue weighted by atomic mass is 79.9. The number of ketones is 2. The first-order chi connectivity index (χ1) is 35.0. The number of aryl methyl sites for hydroxylation is 2. The van der Waals surface area contributed by atoms with Crippen LogP contribution in [0.3, 0.4) is 0 Å². The van der Waals surface area contributed by atoms with E-state index in [-0.39, 0.29) is 48.1 Å². The minimum atomic E-state index is -0.554. The maximum absolute atomic E-state index is 13.3. The van der Waals surface area contributed by atoms with Gasteiger partial charge in [0.1, 0.15) is 34.2 Å². The number of likely N-dealkylation sites (tertiary alicyclic amines) is 2. The molecule has 5 aromatic rings. The molecule has 1 unspecified atom stereocenters. The molecule has 20 heteroatoms. The van der Waals surface area contributed by atoms with Crippen LogP contribution >= 0.6 is 15.9 Å². The number of methoxy groups -OCH3 is 2. The molecular weight excluding hydrogens is 1030 g/mol. The number of alkyl halides is 1. The number of amides is 4. The molecule has 4 aliphatic heterocycles. The van der Waals surface area contributed by atoms with Crippen LogP contribution in [0, 0.1) is 0 Å². The first-order valence-electron chi connectivity index (χ1n) is 24.6. The van der Waals surface area contributed by atoms with E-state index in [1.165, 1.54) is 4.90 Å². The van der Waals surface area contributed by atoms with Crippen molar-refractivity contribution in [1.29, 1.82) is 0 Å². The SMILES string of the molecule is C.CC(C)(C)OC(=O)N1CC2(CC(=O)CC(=O)N2)C1.COc1ccc(-c2ncc3c(n2)-c2[nH]c4c(c2CC3)C(=O)NC2(C4)CN(C(=O)OC(C)(C)C)C2)cc1.COc1ccc(-c2ncc3c(n2)C(=O)C(Br)CC3)cc1. The number of hydrogen-bond donors (Lipinski definition) is 3. The van der Waals surface area contributed by atoms with Crippen LogP contribution in [0.25, 0.3) is 34.2 Å². The van der Waals surface area contributed by atoms with Crippen LogP contribution in [0.2, 0.25) is 0 Å². The Kier molecular flexibility index (Phi) is 15.0. The number of carbonyl (C=O) groups is 6. The van der Waals surface area contributed by atoms with Crippen LogP contribution in [0.15, 0.2) is 60.9 Å². The van der Waals surface area contributed by atoms with Gasteiger partial charge in [0.2, 0.25) is 5.91 Å². The summed E-state index contributed by atoms with van der Waals surface area (Å²) in [6.45, 7) is 12.5. The molecular formula is C55H64BrN9O10. The van der Waals surface area contributed by atoms with Crippen LogP contribution in [-0.2, 0) is 44.7 Å². The molecule has 0 saturated carbocycles. The quantitative estimate of drug-likeness (QED) is 0.116. The second-order valence-electron chi connectivity index (χ2n) is 21.6. The maximum atomic E-state index is 13.3. The van der Waals surface area contributed by atoms with Gasteiger partial charge < -0.3 is 44.4 Å². The second-order valence-corrected chi connectivity index (χ2v) is 22.7. The van der Waals surface area contributed by atoms with Crippen LogP contribution < -0.4 is 20.1 Å². The van der Waals surface area contributed by atoms with Crippen LogP contribution in [-0.4, -0.2) is 138 Å². The van der Waals surface area contributed by atoms with Gasteiger partial charge in [-0.1, -0.05) is 23.4 Å². The molecule has 2 aromatic carbocycles. The van der Waals surface area contributed by atoms with Gasteiger partial charge in [0.25, 0.3) is 5.91 Å². The van der Waals surface area contributed by atoms with Crippen molar-refractivity contribution in [2.75, 3.05) is 40.4 Å². The summed E-state index contributed by atoms with van der Waals surface area (Å²) in [6, 6.07) is 15.1. The molecule has 11 rings (SSSR count). The van der Waals surface area contributed by atoms with Crippen molar-refractivity contribution in [3.63, 3.8) is 0 Å². The molecule has 6 aliphatic rings. The largest absolute Gasteiger partial charge is 0.497 e. The predicted molar refractivity (Wildman–Crippen MR) is 282 cm³/mol. The molecule has 2 spiro atoms. The highest BCUT2D eigenvalue weighted by Crippen LogP contribution is 2.41. The first kappa shape index (κ1) is 54.1. The van der Waals surface area contributed by atoms with Gasteiger partial charge in [-0.05, 0) is 132 Å². The smallest absolute Gasteiger partial charge is 0.410 e. The van der Waals surface area contributed by atoms with Crippen LogP contribution in [0.4, 0.5) is 9.59 Å². The van der Waals surface area contributed by atoms with Gasteiger partial charge in [0.05, 0.1) is 53.5 Å². The Labute approximate surface area is 444 Å². The number of benzene rings is 2. The lowest BCUT2D eigenvalue weighted by Crippen LogP contribution is -2.74. The number of aromatic nitrogens is 5. The third kappa shape index (κ3) is 11.7. The number of fused-ring (bicyclic) bond motifs is 6. The minimum Gasteiger partial charge on any atom is -0.497 e. The summed E-state index contributed by atoms with van der Waals surface area (Å²) in [6.07, 6.45) is 6.95. The fraction of sp³-hybridized carbons (Fsp3) is 0.455. The van der Waals surface area contributed by atoms with E-state index in [4.69, 9.17) is 23.9 Å². The zero-order chi connectivity index (χ0) is 52.9. The van der Waals surface area contributed by atoms with Gasteiger partial charge in [0.15, 0.2) is 17.4 Å². The Balaban J connectivity index is 0.000000163. The van der Waals surface area contributed by atoms with E-state index in [1.54, 1.807) is 46.1 Å². The summed E-state index contributed by atoms with van der Waals surface area (Å²) in [5.74, 6) is 2.39. The normalized spacial score (nSPS) is 18.5. The van der Waals surface area contributed by atoms with E-state index >= 15 is 0 Å². The molecule has 19 nitrogen and oxygen atoms in total. The zero-order valence-electron chi connectivity index (χ0n) is 42.8. The topological polar surface area (TPSA) is 237 Å². The number of halogens is 1. The standard InChI is InChI=1S/C27H29N5O4.C15H13BrN2O2.C12H18N2O4.CH4/c1-26(2,3)36-25(34)32-13-27(14-32)11-19-20(24(33)31-27)18-10-7-16-12-28-23(30-21(16)22(18)29-19)15-5-8-17(35-4)9-6-15;1-20-11-5-2-9(3-6-11)15-17-8-10-4-7-12(16)14(19)13(10)18-15;1-11(2,3)18-10(17)14-6-12(7-14)5-8(15)4-9(16)13-12;/h5-6,8-9,12,29H,7,10-11,13-14H2,1-4H3,(H,31,33);2-3,5-6,8,12H,4,7H2,1H3;4-7H2,1-3H3,(H,13,16);1H4. The van der Waals surface area contributed by atoms with Crippen molar-refractivity contribution in [3.8, 4) is 45.7 Å². The van der Waals surface area contributed by atoms with Gasteiger partial charge in [0, 0.05) is 68.2 Å². The number of ether oxygens (including phenoxy) is 4. The summed E-state index contributed by atoms with van der Waals surface area (Å²) < 4.78 is 21.1. The number of nitrogens with zero attached hydrogens (tertiary/aromatic N) is 6. The summed E-state index contributed by atoms with van der Waals surface area (Å²) in [4.78, 5) is 97.2. The molecule has 75 heavy (non-hydrogen) atoms. The summed E-state index contributed by atoms with van der Waals surface area (Å²) >= 11 is 3.40. The number of rotatable bonds is 4. The van der Waals surface area contributed by atoms with E-state index in [0.29, 0.717) is 56.4 Å². The molecule has 3 fully saturated rings. The number of Topliss-reactive ketones (excluding diaryl/α,β-unsaturated/α-hetero) is 2. The molecule has 0 radical (unpaired) electrons. The Bertz CT molecular complexity index is 3020. The van der Waals surface area contributed by atoms with Crippen molar-refractivity contribution in [1.82, 2.24) is 45.4 Å². The van der Waals surface area contributed by atoms with Gasteiger partial charge >= 0.3 is 12.2 Å². The minimum absolute atomic E-state index is 0. The summed E-state index contributed by atoms with van der Waals surface area (Å²) in [7, 11) is 3.26. The zero-order valence-corrected chi connectivity index (χ0v) is 44.4. The third-order valence-electron chi connectivity index (χ3n) is 13.4. The number of H-pyrrole nitrogens is 1. The van der Waals surface area contributed by atoms with Crippen LogP contribution in [0.1, 0.15) is 111 Å². The fourth-order valence-electron chi connectivity index (χ4n) is 9.99. The number of nitrogens with one attached hydrogen (secondary N) is 3. The highest BCUT2D eigenvalue weighted by molar-refractivity contribution is 9.10. The molecule has 7 heterocycles. The Morgan fingerprint density at radius 3 is 1.67 bits per heavy atom. The molecule has 1 atom stereocenters. The number of carbonyl (C=O) groups excluding carboxylic acids is 6. The molecule has 0 bridgehead atoms. The highest BCUT2D eigenvalue weighted by Gasteiger charge is 2.52. The Hall–Kier alpha value is -7.22. The number of hydrogen-bond acceptors (Lipinski definition) is 14. The average Bonchev–Trinajstić information content (AvgIpc) is 3.72. The second kappa shape index (κ2) is 20.8. The number of piperidine rings is 1. The summed E-state index contributed by atoms with van der Waals surface area (Å²) in [5.41, 5.74) is 6.57. The van der Waals surface area contributed by atoms with Gasteiger partial charge in [-0.25, -0.2) is 29.5 Å². The van der Waals surface area contributed by atoms with E-state index < -0.39 is 28.4 Å². The molecule has 3 saturated heterocycles. The van der Waals surface area contributed by atoms with Crippen molar-refractivity contribution >= 4 is 51.5 Å². The van der Waals surface area contributed by atoms with Crippen LogP contribution in [0.5, 0.6) is 11.5 Å². The molecule has 396 valence electrons. The Morgan fingerprint density at radius 1 is 0.680 bits per heavy atom. The van der Waals surface area contributed by atoms with Gasteiger partial charge in [-0.2, -0.15) is 0 Å². The molecule has 3 aromatic heterocycles. The monoisotopic (exact) mass is 1090 g/mol. The van der Waals surface area contributed by atoms with E-state index in [0.717, 1.165) is 87.6 Å².